The molecule has 5 nitrogen and oxygen atoms in total. The molecule has 0 fully saturated rings. The largest absolute Gasteiger partial charge is 0.466 e. The van der Waals surface area contributed by atoms with Gasteiger partial charge in [-0.2, -0.15) is 0 Å². The highest BCUT2D eigenvalue weighted by atomic mass is 35.5. The summed E-state index contributed by atoms with van der Waals surface area (Å²) in [5.41, 5.74) is 0. The van der Waals surface area contributed by atoms with E-state index in [-0.39, 0.29) is 5.97 Å². The average Bonchev–Trinajstić information content (AvgIpc) is 2.29. The van der Waals surface area contributed by atoms with Gasteiger partial charge in [0, 0.05) is 6.54 Å². The Morgan fingerprint density at radius 1 is 1.62 bits per heavy atom. The summed E-state index contributed by atoms with van der Waals surface area (Å²) >= 11 is 5.82. The van der Waals surface area contributed by atoms with Gasteiger partial charge in [-0.05, 0) is 6.42 Å². The number of anilines is 1. The Balaban J connectivity index is 2.25. The van der Waals surface area contributed by atoms with Gasteiger partial charge in [0.05, 0.1) is 19.2 Å². The number of carbonyl (C=O) groups is 1. The highest BCUT2D eigenvalue weighted by Gasteiger charge is 2.04. The van der Waals surface area contributed by atoms with E-state index in [9.17, 15) is 4.79 Å². The summed E-state index contributed by atoms with van der Waals surface area (Å²) in [7, 11) is 0. The summed E-state index contributed by atoms with van der Waals surface area (Å²) in [6, 6.07) is 0. The first kappa shape index (κ1) is 12.7. The van der Waals surface area contributed by atoms with Crippen LogP contribution in [-0.4, -0.2) is 29.1 Å². The van der Waals surface area contributed by atoms with E-state index >= 15 is 0 Å². The normalized spacial score (nSPS) is 9.88. The van der Waals surface area contributed by atoms with Gasteiger partial charge in [0.15, 0.2) is 0 Å². The summed E-state index contributed by atoms with van der Waals surface area (Å²) in [6.07, 6.45) is 4.01. The topological polar surface area (TPSA) is 64.1 Å². The molecule has 6 heteroatoms. The van der Waals surface area contributed by atoms with Crippen LogP contribution in [0.2, 0.25) is 5.02 Å². The molecule has 0 saturated carbocycles. The van der Waals surface area contributed by atoms with E-state index in [0.29, 0.717) is 30.4 Å². The van der Waals surface area contributed by atoms with Crippen LogP contribution in [0, 0.1) is 0 Å². The lowest BCUT2D eigenvalue weighted by atomic mass is 10.4. The van der Waals surface area contributed by atoms with Crippen molar-refractivity contribution in [2.24, 2.45) is 0 Å². The molecule has 0 aliphatic carbocycles. The van der Waals surface area contributed by atoms with Crippen LogP contribution in [0.4, 0.5) is 5.82 Å². The van der Waals surface area contributed by atoms with Crippen molar-refractivity contribution >= 4 is 23.4 Å². The van der Waals surface area contributed by atoms with E-state index in [1.54, 1.807) is 0 Å². The van der Waals surface area contributed by atoms with E-state index in [0.717, 1.165) is 6.42 Å². The highest BCUT2D eigenvalue weighted by Crippen LogP contribution is 2.15. The molecule has 0 aromatic carbocycles. The lowest BCUT2D eigenvalue weighted by Gasteiger charge is -2.06. The predicted molar refractivity (Wildman–Crippen MR) is 61.4 cm³/mol. The van der Waals surface area contributed by atoms with Gasteiger partial charge in [0.25, 0.3) is 0 Å². The minimum absolute atomic E-state index is 0.223. The maximum absolute atomic E-state index is 11.1. The van der Waals surface area contributed by atoms with Crippen LogP contribution < -0.4 is 5.32 Å². The molecule has 1 rings (SSSR count). The van der Waals surface area contributed by atoms with E-state index in [2.05, 4.69) is 15.3 Å². The number of esters is 1. The second-order valence-electron chi connectivity index (χ2n) is 3.12. The smallest absolute Gasteiger partial charge is 0.307 e. The molecule has 0 bridgehead atoms. The molecule has 0 aliphatic rings. The molecule has 0 radical (unpaired) electrons. The number of nitrogens with one attached hydrogen (secondary N) is 1. The second-order valence-corrected chi connectivity index (χ2v) is 3.52. The van der Waals surface area contributed by atoms with Crippen molar-refractivity contribution in [3.8, 4) is 0 Å². The van der Waals surface area contributed by atoms with Gasteiger partial charge in [-0.1, -0.05) is 18.5 Å². The molecule has 88 valence electrons. The lowest BCUT2D eigenvalue weighted by Crippen LogP contribution is -2.12. The minimum atomic E-state index is -0.223. The molecule has 0 aliphatic heterocycles. The first-order chi connectivity index (χ1) is 7.74. The highest BCUT2D eigenvalue weighted by molar-refractivity contribution is 6.32. The summed E-state index contributed by atoms with van der Waals surface area (Å²) in [6.45, 7) is 2.86. The van der Waals surface area contributed by atoms with Crippen LogP contribution in [0.1, 0.15) is 19.8 Å². The van der Waals surface area contributed by atoms with Crippen LogP contribution in [-0.2, 0) is 9.53 Å². The predicted octanol–water partition coefficient (Wildman–Crippen LogP) is 1.89. The Morgan fingerprint density at radius 3 is 3.12 bits per heavy atom. The molecule has 0 saturated heterocycles. The Kier molecular flexibility index (Phi) is 5.56. The van der Waals surface area contributed by atoms with Crippen LogP contribution in [0.3, 0.4) is 0 Å². The van der Waals surface area contributed by atoms with Crippen LogP contribution >= 0.6 is 11.6 Å². The van der Waals surface area contributed by atoms with E-state index in [4.69, 9.17) is 16.3 Å². The standard InChI is InChI=1S/C10H14ClN3O2/c1-2-5-16-9(15)3-4-13-10-8(11)6-12-7-14-10/h6-7H,2-5H2,1H3,(H,12,13,14). The van der Waals surface area contributed by atoms with Crippen LogP contribution in [0.25, 0.3) is 0 Å². The molecule has 16 heavy (non-hydrogen) atoms. The van der Waals surface area contributed by atoms with Crippen molar-refractivity contribution in [3.63, 3.8) is 0 Å². The Morgan fingerprint density at radius 2 is 2.44 bits per heavy atom. The summed E-state index contributed by atoms with van der Waals surface area (Å²) < 4.78 is 4.91. The number of carbonyl (C=O) groups excluding carboxylic acids is 1. The molecule has 0 amide bonds. The van der Waals surface area contributed by atoms with E-state index in [1.165, 1.54) is 12.5 Å². The Hall–Kier alpha value is -1.36. The van der Waals surface area contributed by atoms with Crippen molar-refractivity contribution in [3.05, 3.63) is 17.5 Å². The summed E-state index contributed by atoms with van der Waals surface area (Å²) in [4.78, 5) is 18.8. The third kappa shape index (κ3) is 4.44. The van der Waals surface area contributed by atoms with Gasteiger partial charge >= 0.3 is 5.97 Å². The minimum Gasteiger partial charge on any atom is -0.466 e. The lowest BCUT2D eigenvalue weighted by molar-refractivity contribution is -0.143. The first-order valence-corrected chi connectivity index (χ1v) is 5.46. The molecule has 0 atom stereocenters. The number of ether oxygens (including phenoxy) is 1. The maximum atomic E-state index is 11.1. The third-order valence-corrected chi connectivity index (χ3v) is 2.03. The Labute approximate surface area is 99.2 Å². The van der Waals surface area contributed by atoms with Gasteiger partial charge in [-0.15, -0.1) is 0 Å². The molecule has 0 unspecified atom stereocenters. The first-order valence-electron chi connectivity index (χ1n) is 5.09. The van der Waals surface area contributed by atoms with Crippen LogP contribution in [0.15, 0.2) is 12.5 Å². The second kappa shape index (κ2) is 7.00. The molecule has 1 heterocycles. The van der Waals surface area contributed by atoms with Gasteiger partial charge in [0.2, 0.25) is 0 Å². The van der Waals surface area contributed by atoms with Gasteiger partial charge < -0.3 is 10.1 Å². The van der Waals surface area contributed by atoms with Crippen molar-refractivity contribution in [2.75, 3.05) is 18.5 Å². The monoisotopic (exact) mass is 243 g/mol. The molecule has 1 aromatic heterocycles. The number of aromatic nitrogens is 2. The SMILES string of the molecule is CCCOC(=O)CCNc1ncncc1Cl. The van der Waals surface area contributed by atoms with E-state index in [1.807, 2.05) is 6.92 Å². The quantitative estimate of drug-likeness (QED) is 0.773. The molecular weight excluding hydrogens is 230 g/mol. The number of halogens is 1. The zero-order chi connectivity index (χ0) is 11.8. The zero-order valence-corrected chi connectivity index (χ0v) is 9.83. The molecule has 1 N–H and O–H groups in total. The van der Waals surface area contributed by atoms with Crippen molar-refractivity contribution in [1.29, 1.82) is 0 Å². The molecular formula is C10H14ClN3O2. The van der Waals surface area contributed by atoms with Crippen LogP contribution in [0.5, 0.6) is 0 Å². The maximum Gasteiger partial charge on any atom is 0.307 e. The van der Waals surface area contributed by atoms with E-state index < -0.39 is 0 Å². The van der Waals surface area contributed by atoms with Crippen molar-refractivity contribution in [2.45, 2.75) is 19.8 Å². The summed E-state index contributed by atoms with van der Waals surface area (Å²) in [5, 5.41) is 3.37. The third-order valence-electron chi connectivity index (χ3n) is 1.76. The number of hydrogen-bond acceptors (Lipinski definition) is 5. The van der Waals surface area contributed by atoms with Crippen molar-refractivity contribution in [1.82, 2.24) is 9.97 Å². The summed E-state index contributed by atoms with van der Waals surface area (Å²) in [5.74, 6) is 0.305. The number of hydrogen-bond donors (Lipinski definition) is 1. The average molecular weight is 244 g/mol. The van der Waals surface area contributed by atoms with Crippen molar-refractivity contribution < 1.29 is 9.53 Å². The fraction of sp³-hybridized carbons (Fsp3) is 0.500. The van der Waals surface area contributed by atoms with Gasteiger partial charge in [0.1, 0.15) is 17.2 Å². The fourth-order valence-corrected chi connectivity index (χ4v) is 1.19. The number of nitrogens with zero attached hydrogens (tertiary/aromatic N) is 2. The molecule has 1 aromatic rings. The van der Waals surface area contributed by atoms with Gasteiger partial charge in [-0.25, -0.2) is 9.97 Å². The number of rotatable bonds is 6. The van der Waals surface area contributed by atoms with Gasteiger partial charge in [-0.3, -0.25) is 4.79 Å². The fourth-order valence-electron chi connectivity index (χ4n) is 1.01. The molecule has 0 spiro atoms. The Bertz CT molecular complexity index is 347. The zero-order valence-electron chi connectivity index (χ0n) is 9.07.